The number of aromatic nitrogens is 3. The molecule has 0 spiro atoms. The quantitative estimate of drug-likeness (QED) is 0.890. The van der Waals surface area contributed by atoms with Gasteiger partial charge in [-0.3, -0.25) is 0 Å². The minimum atomic E-state index is -0.941. The van der Waals surface area contributed by atoms with Crippen molar-refractivity contribution in [2.45, 2.75) is 25.7 Å². The summed E-state index contributed by atoms with van der Waals surface area (Å²) >= 11 is 0. The van der Waals surface area contributed by atoms with Crippen LogP contribution >= 0.6 is 0 Å². The van der Waals surface area contributed by atoms with Crippen LogP contribution < -0.4 is 0 Å². The number of aryl methyl sites for hydroxylation is 1. The van der Waals surface area contributed by atoms with E-state index in [4.69, 9.17) is 0 Å². The highest BCUT2D eigenvalue weighted by atomic mass is 16.4. The third kappa shape index (κ3) is 1.44. The van der Waals surface area contributed by atoms with Crippen molar-refractivity contribution in [1.82, 2.24) is 14.8 Å². The predicted octanol–water partition coefficient (Wildman–Crippen LogP) is 1.93. The summed E-state index contributed by atoms with van der Waals surface area (Å²) in [5.41, 5.74) is 3.26. The summed E-state index contributed by atoms with van der Waals surface area (Å²) in [7, 11) is 0. The third-order valence-electron chi connectivity index (χ3n) is 4.08. The molecular weight excluding hydrogens is 242 g/mol. The molecule has 0 bridgehead atoms. The first-order valence-corrected chi connectivity index (χ1v) is 6.43. The Balaban J connectivity index is 1.91. The van der Waals surface area contributed by atoms with Crippen molar-refractivity contribution in [3.8, 4) is 5.82 Å². The molecule has 0 radical (unpaired) electrons. The van der Waals surface area contributed by atoms with E-state index in [1.807, 2.05) is 19.1 Å². The number of fused-ring (bicyclic) bond motifs is 3. The molecule has 2 unspecified atom stereocenters. The van der Waals surface area contributed by atoms with Gasteiger partial charge in [-0.15, -0.1) is 0 Å². The van der Waals surface area contributed by atoms with E-state index in [0.29, 0.717) is 17.7 Å². The minimum Gasteiger partial charge on any atom is -0.476 e. The van der Waals surface area contributed by atoms with Crippen LogP contribution in [-0.4, -0.2) is 25.8 Å². The standard InChI is InChI=1S/C14H13N3O2/c1-7-2-3-11(15-6-7)17-13-9-4-8(9)5-10(13)12(16-17)14(18)19/h2-3,6,8-9H,4-5H2,1H3,(H,18,19). The molecule has 0 aliphatic heterocycles. The number of carbonyl (C=O) groups is 1. The zero-order valence-corrected chi connectivity index (χ0v) is 10.5. The first-order valence-electron chi connectivity index (χ1n) is 6.43. The average molecular weight is 255 g/mol. The Bertz CT molecular complexity index is 687. The van der Waals surface area contributed by atoms with Gasteiger partial charge in [0.25, 0.3) is 0 Å². The second-order valence-corrected chi connectivity index (χ2v) is 5.43. The molecule has 0 saturated heterocycles. The minimum absolute atomic E-state index is 0.199. The zero-order valence-electron chi connectivity index (χ0n) is 10.5. The molecule has 5 heteroatoms. The van der Waals surface area contributed by atoms with E-state index in [2.05, 4.69) is 10.1 Å². The van der Waals surface area contributed by atoms with Crippen LogP contribution in [0, 0.1) is 12.8 Å². The summed E-state index contributed by atoms with van der Waals surface area (Å²) in [5, 5.41) is 13.5. The van der Waals surface area contributed by atoms with Gasteiger partial charge in [-0.05, 0) is 37.3 Å². The molecule has 96 valence electrons. The summed E-state index contributed by atoms with van der Waals surface area (Å²) in [6.45, 7) is 1.98. The van der Waals surface area contributed by atoms with Gasteiger partial charge in [-0.25, -0.2) is 14.5 Å². The van der Waals surface area contributed by atoms with Crippen molar-refractivity contribution >= 4 is 5.97 Å². The van der Waals surface area contributed by atoms with Crippen molar-refractivity contribution in [3.05, 3.63) is 40.8 Å². The predicted molar refractivity (Wildman–Crippen MR) is 67.6 cm³/mol. The van der Waals surface area contributed by atoms with E-state index in [0.717, 1.165) is 29.7 Å². The van der Waals surface area contributed by atoms with Gasteiger partial charge >= 0.3 is 5.97 Å². The lowest BCUT2D eigenvalue weighted by atomic mass is 10.1. The Morgan fingerprint density at radius 3 is 3.00 bits per heavy atom. The molecule has 2 aliphatic rings. The monoisotopic (exact) mass is 255 g/mol. The Kier molecular flexibility index (Phi) is 1.94. The maximum absolute atomic E-state index is 11.3. The van der Waals surface area contributed by atoms with Gasteiger partial charge in [-0.1, -0.05) is 6.07 Å². The van der Waals surface area contributed by atoms with Crippen molar-refractivity contribution < 1.29 is 9.90 Å². The van der Waals surface area contributed by atoms with Gasteiger partial charge in [0.05, 0.1) is 5.69 Å². The van der Waals surface area contributed by atoms with E-state index < -0.39 is 5.97 Å². The molecule has 1 saturated carbocycles. The number of hydrogen-bond donors (Lipinski definition) is 1. The highest BCUT2D eigenvalue weighted by Gasteiger charge is 2.50. The van der Waals surface area contributed by atoms with Crippen LogP contribution in [0.2, 0.25) is 0 Å². The Morgan fingerprint density at radius 1 is 1.47 bits per heavy atom. The second kappa shape index (κ2) is 3.44. The molecule has 2 heterocycles. The zero-order chi connectivity index (χ0) is 13.1. The fourth-order valence-electron chi connectivity index (χ4n) is 3.05. The summed E-state index contributed by atoms with van der Waals surface area (Å²) in [5.74, 6) is 0.881. The van der Waals surface area contributed by atoms with Crippen LogP contribution in [-0.2, 0) is 6.42 Å². The molecule has 2 aromatic heterocycles. The number of aromatic carboxylic acids is 1. The third-order valence-corrected chi connectivity index (χ3v) is 4.08. The maximum Gasteiger partial charge on any atom is 0.356 e. The van der Waals surface area contributed by atoms with Crippen LogP contribution in [0.15, 0.2) is 18.3 Å². The molecular formula is C14H13N3O2. The molecule has 2 atom stereocenters. The van der Waals surface area contributed by atoms with Gasteiger partial charge < -0.3 is 5.11 Å². The van der Waals surface area contributed by atoms with Gasteiger partial charge in [0, 0.05) is 17.7 Å². The molecule has 2 aromatic rings. The van der Waals surface area contributed by atoms with Crippen LogP contribution in [0.5, 0.6) is 0 Å². The van der Waals surface area contributed by atoms with Crippen molar-refractivity contribution in [1.29, 1.82) is 0 Å². The van der Waals surface area contributed by atoms with Crippen molar-refractivity contribution in [2.75, 3.05) is 0 Å². The Hall–Kier alpha value is -2.17. The molecule has 2 aliphatic carbocycles. The molecule has 0 aromatic carbocycles. The maximum atomic E-state index is 11.3. The highest BCUT2D eigenvalue weighted by molar-refractivity contribution is 5.88. The fourth-order valence-corrected chi connectivity index (χ4v) is 3.05. The van der Waals surface area contributed by atoms with E-state index >= 15 is 0 Å². The van der Waals surface area contributed by atoms with Gasteiger partial charge in [-0.2, -0.15) is 5.10 Å². The lowest BCUT2D eigenvalue weighted by Gasteiger charge is -2.05. The smallest absolute Gasteiger partial charge is 0.356 e. The lowest BCUT2D eigenvalue weighted by Crippen LogP contribution is -2.05. The largest absolute Gasteiger partial charge is 0.476 e. The SMILES string of the molecule is Cc1ccc(-n2nc(C(=O)O)c3c2C2CC2C3)nc1. The van der Waals surface area contributed by atoms with Gasteiger partial charge in [0.2, 0.25) is 0 Å². The molecule has 1 N–H and O–H groups in total. The molecule has 1 fully saturated rings. The topological polar surface area (TPSA) is 68.0 Å². The number of nitrogens with zero attached hydrogens (tertiary/aromatic N) is 3. The first kappa shape index (κ1) is 10.7. The molecule has 0 amide bonds. The van der Waals surface area contributed by atoms with Crippen LogP contribution in [0.25, 0.3) is 5.82 Å². The van der Waals surface area contributed by atoms with E-state index in [9.17, 15) is 9.90 Å². The Labute approximate surface area is 109 Å². The van der Waals surface area contributed by atoms with E-state index in [1.165, 1.54) is 0 Å². The van der Waals surface area contributed by atoms with E-state index in [1.54, 1.807) is 10.9 Å². The van der Waals surface area contributed by atoms with Gasteiger partial charge in [0.15, 0.2) is 11.5 Å². The highest BCUT2D eigenvalue weighted by Crippen LogP contribution is 2.57. The lowest BCUT2D eigenvalue weighted by molar-refractivity contribution is 0.0688. The molecule has 19 heavy (non-hydrogen) atoms. The normalized spacial score (nSPS) is 23.0. The van der Waals surface area contributed by atoms with Crippen LogP contribution in [0.4, 0.5) is 0 Å². The summed E-state index contributed by atoms with van der Waals surface area (Å²) in [6, 6.07) is 3.86. The molecule has 5 nitrogen and oxygen atoms in total. The number of carboxylic acids is 1. The summed E-state index contributed by atoms with van der Waals surface area (Å²) in [6.07, 6.45) is 3.79. The van der Waals surface area contributed by atoms with Crippen LogP contribution in [0.1, 0.15) is 39.6 Å². The first-order chi connectivity index (χ1) is 9.15. The van der Waals surface area contributed by atoms with E-state index in [-0.39, 0.29) is 5.69 Å². The number of carboxylic acid groups (broad SMARTS) is 1. The average Bonchev–Trinajstić information content (AvgIpc) is 2.89. The number of hydrogen-bond acceptors (Lipinski definition) is 3. The van der Waals surface area contributed by atoms with Crippen molar-refractivity contribution in [3.63, 3.8) is 0 Å². The van der Waals surface area contributed by atoms with Gasteiger partial charge in [0.1, 0.15) is 0 Å². The molecule has 4 rings (SSSR count). The van der Waals surface area contributed by atoms with Crippen LogP contribution in [0.3, 0.4) is 0 Å². The summed E-state index contributed by atoms with van der Waals surface area (Å²) in [4.78, 5) is 15.6. The fraction of sp³-hybridized carbons (Fsp3) is 0.357. The van der Waals surface area contributed by atoms with Crippen molar-refractivity contribution in [2.24, 2.45) is 5.92 Å². The summed E-state index contributed by atoms with van der Waals surface area (Å²) < 4.78 is 1.73. The Morgan fingerprint density at radius 2 is 2.32 bits per heavy atom. The second-order valence-electron chi connectivity index (χ2n) is 5.43. The number of pyridine rings is 1. The number of rotatable bonds is 2.